The van der Waals surface area contributed by atoms with Gasteiger partial charge in [0.1, 0.15) is 11.5 Å². The zero-order valence-electron chi connectivity index (χ0n) is 20.8. The van der Waals surface area contributed by atoms with Gasteiger partial charge in [-0.25, -0.2) is 0 Å². The third kappa shape index (κ3) is 4.50. The predicted molar refractivity (Wildman–Crippen MR) is 144 cm³/mol. The maximum absolute atomic E-state index is 13.4. The second-order valence-electron chi connectivity index (χ2n) is 8.92. The summed E-state index contributed by atoms with van der Waals surface area (Å²) in [5, 5.41) is 11.7. The van der Waals surface area contributed by atoms with Crippen LogP contribution in [0.15, 0.2) is 72.3 Å². The van der Waals surface area contributed by atoms with Gasteiger partial charge in [-0.3, -0.25) is 14.5 Å². The molecule has 1 aliphatic rings. The van der Waals surface area contributed by atoms with Crippen LogP contribution in [-0.2, 0) is 9.59 Å². The summed E-state index contributed by atoms with van der Waals surface area (Å²) >= 11 is 6.16. The Morgan fingerprint density at radius 3 is 1.97 bits per heavy atom. The van der Waals surface area contributed by atoms with E-state index in [9.17, 15) is 14.7 Å². The molecular weight excluding hydrogens is 478 g/mol. The zero-order chi connectivity index (χ0) is 26.1. The lowest BCUT2D eigenvalue weighted by molar-refractivity contribution is -0.132. The monoisotopic (exact) mass is 505 g/mol. The normalized spacial score (nSPS) is 16.8. The van der Waals surface area contributed by atoms with Crippen LogP contribution in [0.4, 0.5) is 17.1 Å². The first-order valence-corrected chi connectivity index (χ1v) is 11.7. The summed E-state index contributed by atoms with van der Waals surface area (Å²) < 4.78 is 5.28. The number of nitrogens with zero attached hydrogens (tertiary/aromatic N) is 3. The number of hydrogen-bond acceptors (Lipinski definition) is 6. The van der Waals surface area contributed by atoms with Crippen LogP contribution >= 0.6 is 11.6 Å². The van der Waals surface area contributed by atoms with E-state index in [1.165, 1.54) is 12.0 Å². The smallest absolute Gasteiger partial charge is 0.300 e. The van der Waals surface area contributed by atoms with Crippen LogP contribution in [0.1, 0.15) is 17.2 Å². The van der Waals surface area contributed by atoms with Crippen molar-refractivity contribution in [3.8, 4) is 5.75 Å². The number of aliphatic hydroxyl groups excluding tert-OH is 1. The number of methoxy groups -OCH3 is 1. The second-order valence-corrected chi connectivity index (χ2v) is 9.32. The minimum atomic E-state index is -0.826. The van der Waals surface area contributed by atoms with E-state index in [1.54, 1.807) is 30.3 Å². The molecule has 1 N–H and O–H groups in total. The molecule has 1 unspecified atom stereocenters. The first kappa shape index (κ1) is 25.1. The summed E-state index contributed by atoms with van der Waals surface area (Å²) in [5.41, 5.74) is 3.49. The average molecular weight is 506 g/mol. The van der Waals surface area contributed by atoms with E-state index in [-0.39, 0.29) is 11.3 Å². The third-order valence-electron chi connectivity index (χ3n) is 6.24. The van der Waals surface area contributed by atoms with Gasteiger partial charge in [-0.15, -0.1) is 0 Å². The van der Waals surface area contributed by atoms with E-state index < -0.39 is 17.7 Å². The van der Waals surface area contributed by atoms with E-state index in [0.717, 1.165) is 11.4 Å². The Bertz CT molecular complexity index is 1330. The van der Waals surface area contributed by atoms with Crippen molar-refractivity contribution in [1.82, 2.24) is 0 Å². The molecule has 0 aromatic heterocycles. The summed E-state index contributed by atoms with van der Waals surface area (Å²) in [4.78, 5) is 32.1. The van der Waals surface area contributed by atoms with Gasteiger partial charge in [0.25, 0.3) is 11.7 Å². The number of carbonyl (C=O) groups is 2. The van der Waals surface area contributed by atoms with Crippen molar-refractivity contribution in [1.29, 1.82) is 0 Å². The predicted octanol–water partition coefficient (Wildman–Crippen LogP) is 5.11. The summed E-state index contributed by atoms with van der Waals surface area (Å²) in [7, 11) is 9.18. The van der Waals surface area contributed by atoms with Gasteiger partial charge in [0.2, 0.25) is 0 Å². The molecule has 7 nitrogen and oxygen atoms in total. The lowest BCUT2D eigenvalue weighted by Gasteiger charge is -2.26. The molecule has 1 heterocycles. The molecule has 36 heavy (non-hydrogen) atoms. The van der Waals surface area contributed by atoms with Crippen molar-refractivity contribution in [2.24, 2.45) is 0 Å². The topological polar surface area (TPSA) is 73.3 Å². The molecule has 1 aliphatic heterocycles. The van der Waals surface area contributed by atoms with Crippen molar-refractivity contribution in [3.05, 3.63) is 88.5 Å². The highest BCUT2D eigenvalue weighted by Crippen LogP contribution is 2.43. The molecule has 1 saturated heterocycles. The summed E-state index contributed by atoms with van der Waals surface area (Å²) in [6.07, 6.45) is 0. The van der Waals surface area contributed by atoms with Crippen LogP contribution in [0, 0.1) is 0 Å². The summed E-state index contributed by atoms with van der Waals surface area (Å²) in [6, 6.07) is 18.8. The van der Waals surface area contributed by atoms with Gasteiger partial charge in [0, 0.05) is 50.8 Å². The number of halogens is 1. The summed E-state index contributed by atoms with van der Waals surface area (Å²) in [5.74, 6) is -1.42. The Kier molecular flexibility index (Phi) is 6.95. The fourth-order valence-corrected chi connectivity index (χ4v) is 4.44. The van der Waals surface area contributed by atoms with Crippen LogP contribution in [0.5, 0.6) is 5.75 Å². The van der Waals surface area contributed by atoms with Crippen molar-refractivity contribution in [3.63, 3.8) is 0 Å². The van der Waals surface area contributed by atoms with Crippen LogP contribution < -0.4 is 19.4 Å². The molecule has 0 radical (unpaired) electrons. The molecule has 4 rings (SSSR count). The number of anilines is 3. The van der Waals surface area contributed by atoms with Crippen LogP contribution in [0.2, 0.25) is 5.02 Å². The zero-order valence-corrected chi connectivity index (χ0v) is 21.6. The van der Waals surface area contributed by atoms with E-state index in [0.29, 0.717) is 27.6 Å². The highest BCUT2D eigenvalue weighted by Gasteiger charge is 2.47. The molecule has 0 aliphatic carbocycles. The van der Waals surface area contributed by atoms with Crippen LogP contribution in [0.25, 0.3) is 5.76 Å². The largest absolute Gasteiger partial charge is 0.507 e. The molecule has 0 spiro atoms. The maximum Gasteiger partial charge on any atom is 0.300 e. The lowest BCUT2D eigenvalue weighted by Crippen LogP contribution is -2.29. The molecule has 1 atom stereocenters. The minimum Gasteiger partial charge on any atom is -0.507 e. The fourth-order valence-electron chi connectivity index (χ4n) is 4.24. The minimum absolute atomic E-state index is 0.00124. The standard InChI is InChI=1S/C28H28ClN3O4/c1-30(2)19-9-6-17(7-10-19)25-24(26(33)18-8-15-22(29)23(16-18)36-5)27(34)28(35)32(25)21-13-11-20(12-14-21)31(3)4/h6-16,25,33H,1-5H3/b26-24-. The molecule has 0 bridgehead atoms. The number of aliphatic hydroxyl groups is 1. The number of carbonyl (C=O) groups excluding carboxylic acids is 2. The Labute approximate surface area is 215 Å². The fraction of sp³-hybridized carbons (Fsp3) is 0.214. The number of hydrogen-bond donors (Lipinski definition) is 1. The van der Waals surface area contributed by atoms with Gasteiger partial charge in [0.15, 0.2) is 0 Å². The molecule has 1 fully saturated rings. The highest BCUT2D eigenvalue weighted by atomic mass is 35.5. The van der Waals surface area contributed by atoms with Crippen molar-refractivity contribution in [2.45, 2.75) is 6.04 Å². The van der Waals surface area contributed by atoms with Crippen molar-refractivity contribution < 1.29 is 19.4 Å². The first-order valence-electron chi connectivity index (χ1n) is 11.3. The van der Waals surface area contributed by atoms with Gasteiger partial charge in [-0.2, -0.15) is 0 Å². The Morgan fingerprint density at radius 2 is 1.44 bits per heavy atom. The van der Waals surface area contributed by atoms with E-state index in [1.807, 2.05) is 74.4 Å². The molecule has 0 saturated carbocycles. The van der Waals surface area contributed by atoms with Gasteiger partial charge in [-0.05, 0) is 60.2 Å². The Hall–Kier alpha value is -3.97. The van der Waals surface area contributed by atoms with E-state index >= 15 is 0 Å². The van der Waals surface area contributed by atoms with Crippen LogP contribution in [0.3, 0.4) is 0 Å². The number of Topliss-reactive ketones (excluding diaryl/α,β-unsaturated/α-hetero) is 1. The number of benzene rings is 3. The van der Waals surface area contributed by atoms with E-state index in [4.69, 9.17) is 16.3 Å². The SMILES string of the molecule is COc1cc(/C(O)=C2/C(=O)C(=O)N(c3ccc(N(C)C)cc3)C2c2ccc(N(C)C)cc2)ccc1Cl. The van der Waals surface area contributed by atoms with Gasteiger partial charge in [0.05, 0.1) is 23.7 Å². The van der Waals surface area contributed by atoms with Crippen LogP contribution in [-0.4, -0.2) is 52.1 Å². The number of ether oxygens (including phenoxy) is 1. The Morgan fingerprint density at radius 1 is 0.889 bits per heavy atom. The molecule has 1 amide bonds. The van der Waals surface area contributed by atoms with Gasteiger partial charge >= 0.3 is 0 Å². The average Bonchev–Trinajstić information content (AvgIpc) is 3.14. The van der Waals surface area contributed by atoms with Gasteiger partial charge < -0.3 is 19.6 Å². The third-order valence-corrected chi connectivity index (χ3v) is 6.55. The van der Waals surface area contributed by atoms with Crippen molar-refractivity contribution >= 4 is 46.1 Å². The lowest BCUT2D eigenvalue weighted by atomic mass is 9.94. The van der Waals surface area contributed by atoms with E-state index in [2.05, 4.69) is 0 Å². The number of rotatable bonds is 6. The van der Waals surface area contributed by atoms with Gasteiger partial charge in [-0.1, -0.05) is 23.7 Å². The molecule has 186 valence electrons. The molecule has 3 aromatic carbocycles. The maximum atomic E-state index is 13.4. The molecular formula is C28H28ClN3O4. The quantitative estimate of drug-likeness (QED) is 0.285. The summed E-state index contributed by atoms with van der Waals surface area (Å²) in [6.45, 7) is 0. The second kappa shape index (κ2) is 9.95. The molecule has 8 heteroatoms. The Balaban J connectivity index is 1.91. The number of amides is 1. The number of ketones is 1. The van der Waals surface area contributed by atoms with Crippen molar-refractivity contribution in [2.75, 3.05) is 50.0 Å². The first-order chi connectivity index (χ1) is 17.1. The highest BCUT2D eigenvalue weighted by molar-refractivity contribution is 6.51. The molecule has 3 aromatic rings.